The van der Waals surface area contributed by atoms with Gasteiger partial charge >= 0.3 is 186 Å². The third-order valence-electron chi connectivity index (χ3n) is 5.79. The van der Waals surface area contributed by atoms with Gasteiger partial charge in [0.2, 0.25) is 0 Å². The van der Waals surface area contributed by atoms with Crippen molar-refractivity contribution in [2.45, 2.75) is 41.5 Å². The van der Waals surface area contributed by atoms with E-state index in [1.165, 1.54) is 0 Å². The van der Waals surface area contributed by atoms with E-state index in [0.717, 1.165) is 33.4 Å². The Morgan fingerprint density at radius 3 is 1.32 bits per heavy atom. The van der Waals surface area contributed by atoms with Gasteiger partial charge < -0.3 is 0 Å². The van der Waals surface area contributed by atoms with E-state index in [1.54, 1.807) is 24.3 Å². The van der Waals surface area contributed by atoms with E-state index in [0.29, 0.717) is 16.4 Å². The Balaban J connectivity index is 2.36. The molecule has 0 amide bonds. The Kier molecular flexibility index (Phi) is 6.70. The van der Waals surface area contributed by atoms with Crippen LogP contribution < -0.4 is 5.30 Å². The van der Waals surface area contributed by atoms with Crippen molar-refractivity contribution in [3.8, 4) is 0 Å². The molecule has 160 valence electrons. The third kappa shape index (κ3) is 4.05. The van der Waals surface area contributed by atoms with Crippen LogP contribution in [0.25, 0.3) is 0 Å². The van der Waals surface area contributed by atoms with Crippen molar-refractivity contribution >= 4 is 31.5 Å². The summed E-state index contributed by atoms with van der Waals surface area (Å²) in [5.74, 6) is 0. The van der Waals surface area contributed by atoms with Gasteiger partial charge in [-0.25, -0.2) is 0 Å². The van der Waals surface area contributed by atoms with E-state index in [4.69, 9.17) is 0 Å². The van der Waals surface area contributed by atoms with E-state index in [1.807, 2.05) is 71.9 Å². The zero-order chi connectivity index (χ0) is 22.9. The number of hydrogen-bond donors (Lipinski definition) is 0. The van der Waals surface area contributed by atoms with Gasteiger partial charge in [0.25, 0.3) is 0 Å². The Morgan fingerprint density at radius 1 is 0.645 bits per heavy atom. The van der Waals surface area contributed by atoms with Crippen molar-refractivity contribution in [2.75, 3.05) is 0 Å². The standard InChI is InChI=1S/C26H28O3P2/c1-16-12-18(3)23(19(4)13-16)25(27)31(30-29,22-10-8-7-9-11-22)26(28)24-20(5)14-17(2)15-21(24)6/h7-15,31H,1-6H3. The van der Waals surface area contributed by atoms with Gasteiger partial charge in [-0.1, -0.05) is 0 Å². The first kappa shape index (κ1) is 23.2. The first-order valence-corrected chi connectivity index (χ1v) is 13.9. The molecule has 0 saturated carbocycles. The number of benzene rings is 3. The Bertz CT molecular complexity index is 1080. The van der Waals surface area contributed by atoms with Crippen molar-refractivity contribution in [1.82, 2.24) is 0 Å². The van der Waals surface area contributed by atoms with Crippen molar-refractivity contribution in [2.24, 2.45) is 0 Å². The molecule has 0 radical (unpaired) electrons. The molecule has 3 aromatic rings. The fourth-order valence-electron chi connectivity index (χ4n) is 4.62. The Morgan fingerprint density at radius 2 is 1.00 bits per heavy atom. The van der Waals surface area contributed by atoms with Crippen molar-refractivity contribution < 1.29 is 14.2 Å². The molecule has 0 fully saturated rings. The van der Waals surface area contributed by atoms with Crippen molar-refractivity contribution in [3.05, 3.63) is 99.1 Å². The molecule has 0 N–H and O–H groups in total. The van der Waals surface area contributed by atoms with Crippen LogP contribution in [0, 0.1) is 41.5 Å². The van der Waals surface area contributed by atoms with Gasteiger partial charge in [-0.2, -0.15) is 0 Å². The monoisotopic (exact) mass is 450 g/mol. The summed E-state index contributed by atoms with van der Waals surface area (Å²) >= 11 is 0. The van der Waals surface area contributed by atoms with Crippen molar-refractivity contribution in [1.29, 1.82) is 0 Å². The van der Waals surface area contributed by atoms with Gasteiger partial charge in [0.1, 0.15) is 0 Å². The molecule has 3 rings (SSSR count). The topological polar surface area (TPSA) is 51.2 Å². The molecule has 0 aliphatic heterocycles. The molecular formula is C26H28O3P2. The second-order valence-corrected chi connectivity index (χ2v) is 14.0. The zero-order valence-electron chi connectivity index (χ0n) is 18.9. The molecule has 0 aliphatic rings. The van der Waals surface area contributed by atoms with Gasteiger partial charge in [-0.3, -0.25) is 0 Å². The van der Waals surface area contributed by atoms with Crippen LogP contribution in [0.2, 0.25) is 0 Å². The summed E-state index contributed by atoms with van der Waals surface area (Å²) in [5.41, 5.74) is 5.77. The SMILES string of the molecule is Cc1cc(C)c(C(=O)[PH](P=O)(C(=O)c2c(C)cc(C)cc2C)c2ccccc2)c(C)c1. The van der Waals surface area contributed by atoms with Crippen LogP contribution in [0.15, 0.2) is 54.6 Å². The van der Waals surface area contributed by atoms with Crippen LogP contribution in [0.4, 0.5) is 0 Å². The van der Waals surface area contributed by atoms with Crippen LogP contribution in [-0.2, 0) is 4.57 Å². The summed E-state index contributed by atoms with van der Waals surface area (Å²) in [5, 5.41) is 0.570. The van der Waals surface area contributed by atoms with Crippen LogP contribution in [0.5, 0.6) is 0 Å². The summed E-state index contributed by atoms with van der Waals surface area (Å²) in [7, 11) is -0.406. The van der Waals surface area contributed by atoms with Crippen LogP contribution >= 0.6 is 15.1 Å². The average molecular weight is 450 g/mol. The minimum absolute atomic E-state index is 0.297. The van der Waals surface area contributed by atoms with Crippen molar-refractivity contribution in [3.63, 3.8) is 0 Å². The maximum atomic E-state index is 14.2. The number of carbonyl (C=O) groups is 2. The van der Waals surface area contributed by atoms with Gasteiger partial charge in [0.15, 0.2) is 0 Å². The molecular weight excluding hydrogens is 422 g/mol. The second-order valence-electron chi connectivity index (χ2n) is 8.37. The molecule has 0 unspecified atom stereocenters. The van der Waals surface area contributed by atoms with Gasteiger partial charge in [0.05, 0.1) is 0 Å². The number of carbonyl (C=O) groups excluding carboxylic acids is 2. The average Bonchev–Trinajstić information content (AvgIpc) is 2.68. The predicted octanol–water partition coefficient (Wildman–Crippen LogP) is 6.80. The molecule has 0 aliphatic carbocycles. The molecule has 0 aromatic heterocycles. The van der Waals surface area contributed by atoms with E-state index in [-0.39, 0.29) is 11.0 Å². The van der Waals surface area contributed by atoms with Crippen LogP contribution in [0.1, 0.15) is 54.1 Å². The molecule has 0 atom stereocenters. The third-order valence-corrected chi connectivity index (χ3v) is 11.9. The normalized spacial score (nSPS) is 12.1. The van der Waals surface area contributed by atoms with Crippen LogP contribution in [0.3, 0.4) is 0 Å². The molecule has 31 heavy (non-hydrogen) atoms. The number of aryl methyl sites for hydroxylation is 6. The van der Waals surface area contributed by atoms with Gasteiger partial charge in [0, 0.05) is 0 Å². The van der Waals surface area contributed by atoms with E-state index in [2.05, 4.69) is 0 Å². The summed E-state index contributed by atoms with van der Waals surface area (Å²) in [4.78, 5) is 28.4. The summed E-state index contributed by atoms with van der Waals surface area (Å²) in [6.45, 7) is 7.62. The zero-order valence-corrected chi connectivity index (χ0v) is 20.8. The second kappa shape index (κ2) is 8.95. The Labute approximate surface area is 186 Å². The summed E-state index contributed by atoms with van der Waals surface area (Å²) in [6.07, 6.45) is 0. The number of rotatable bonds is 6. The Hall–Kier alpha value is -2.47. The van der Waals surface area contributed by atoms with E-state index >= 15 is 0 Å². The number of hydrogen-bond acceptors (Lipinski definition) is 3. The van der Waals surface area contributed by atoms with Gasteiger partial charge in [-0.05, 0) is 0 Å². The summed E-state index contributed by atoms with van der Waals surface area (Å²) < 4.78 is 13.0. The molecule has 0 spiro atoms. The minimum atomic E-state index is -3.86. The van der Waals surface area contributed by atoms with Gasteiger partial charge in [-0.15, -0.1) is 0 Å². The fraction of sp³-hybridized carbons (Fsp3) is 0.231. The molecule has 5 heteroatoms. The van der Waals surface area contributed by atoms with E-state index in [9.17, 15) is 14.2 Å². The molecule has 0 saturated heterocycles. The fourth-order valence-corrected chi connectivity index (χ4v) is 9.74. The summed E-state index contributed by atoms with van der Waals surface area (Å²) in [6, 6.07) is 16.7. The predicted molar refractivity (Wildman–Crippen MR) is 132 cm³/mol. The molecule has 3 aromatic carbocycles. The van der Waals surface area contributed by atoms with E-state index < -0.39 is 15.1 Å². The molecule has 3 nitrogen and oxygen atoms in total. The first-order valence-electron chi connectivity index (χ1n) is 10.3. The maximum absolute atomic E-state index is 14.2. The quantitative estimate of drug-likeness (QED) is 0.388. The molecule has 0 heterocycles. The van der Waals surface area contributed by atoms with Crippen LogP contribution in [-0.4, -0.2) is 11.0 Å². The molecule has 0 bridgehead atoms. The first-order chi connectivity index (χ1) is 14.6.